The number of ketones is 1. The summed E-state index contributed by atoms with van der Waals surface area (Å²) in [6.45, 7) is 8.35. The van der Waals surface area contributed by atoms with E-state index in [-0.39, 0.29) is 18.9 Å². The van der Waals surface area contributed by atoms with Crippen molar-refractivity contribution in [3.63, 3.8) is 0 Å². The van der Waals surface area contributed by atoms with Crippen molar-refractivity contribution in [2.24, 2.45) is 5.92 Å². The summed E-state index contributed by atoms with van der Waals surface area (Å²) in [5, 5.41) is 2.48. The Kier molecular flexibility index (Phi) is 8.21. The molecule has 0 radical (unpaired) electrons. The lowest BCUT2D eigenvalue weighted by atomic mass is 10.1. The van der Waals surface area contributed by atoms with Crippen molar-refractivity contribution >= 4 is 17.7 Å². The van der Waals surface area contributed by atoms with Crippen LogP contribution in [0.15, 0.2) is 30.3 Å². The number of nitrogens with one attached hydrogen (secondary N) is 1. The van der Waals surface area contributed by atoms with E-state index in [0.29, 0.717) is 22.8 Å². The highest BCUT2D eigenvalue weighted by molar-refractivity contribution is 6.00. The highest BCUT2D eigenvalue weighted by Gasteiger charge is 2.18. The smallest absolute Gasteiger partial charge is 0.325 e. The van der Waals surface area contributed by atoms with Crippen LogP contribution in [0.2, 0.25) is 0 Å². The summed E-state index contributed by atoms with van der Waals surface area (Å²) in [7, 11) is 1.51. The first-order valence-electron chi connectivity index (χ1n) is 10.0. The summed E-state index contributed by atoms with van der Waals surface area (Å²) in [5.41, 5.74) is 2.81. The van der Waals surface area contributed by atoms with Gasteiger partial charge in [-0.1, -0.05) is 19.9 Å². The van der Waals surface area contributed by atoms with E-state index in [4.69, 9.17) is 9.47 Å². The third kappa shape index (κ3) is 6.20. The molecule has 30 heavy (non-hydrogen) atoms. The molecule has 2 rings (SSSR count). The molecule has 1 amide bonds. The Morgan fingerprint density at radius 1 is 1.13 bits per heavy atom. The molecule has 0 atom stereocenters. The van der Waals surface area contributed by atoms with Crippen molar-refractivity contribution < 1.29 is 23.9 Å². The first kappa shape index (κ1) is 23.2. The second kappa shape index (κ2) is 10.6. The van der Waals surface area contributed by atoms with Crippen LogP contribution in [0.5, 0.6) is 5.75 Å². The third-order valence-electron chi connectivity index (χ3n) is 4.89. The fourth-order valence-corrected chi connectivity index (χ4v) is 3.11. The number of hydrogen-bond donors (Lipinski definition) is 1. The zero-order chi connectivity index (χ0) is 22.3. The second-order valence-corrected chi connectivity index (χ2v) is 7.62. The second-order valence-electron chi connectivity index (χ2n) is 7.62. The Bertz CT molecular complexity index is 914. The van der Waals surface area contributed by atoms with E-state index in [2.05, 4.69) is 23.7 Å². The van der Waals surface area contributed by atoms with Crippen molar-refractivity contribution in [2.45, 2.75) is 40.7 Å². The van der Waals surface area contributed by atoms with Crippen LogP contribution < -0.4 is 10.1 Å². The van der Waals surface area contributed by atoms with Crippen molar-refractivity contribution in [3.05, 3.63) is 52.8 Å². The van der Waals surface area contributed by atoms with Gasteiger partial charge in [0.15, 0.2) is 6.61 Å². The monoisotopic (exact) mass is 414 g/mol. The van der Waals surface area contributed by atoms with Crippen LogP contribution in [0.1, 0.15) is 52.4 Å². The summed E-state index contributed by atoms with van der Waals surface area (Å²) < 4.78 is 12.2. The molecule has 162 valence electrons. The average Bonchev–Trinajstić information content (AvgIpc) is 3.02. The molecule has 0 spiro atoms. The van der Waals surface area contributed by atoms with E-state index in [9.17, 15) is 14.4 Å². The van der Waals surface area contributed by atoms with Crippen molar-refractivity contribution in [1.29, 1.82) is 0 Å². The zero-order valence-electron chi connectivity index (χ0n) is 18.3. The van der Waals surface area contributed by atoms with Crippen molar-refractivity contribution in [3.8, 4) is 5.75 Å². The Morgan fingerprint density at radius 2 is 1.87 bits per heavy atom. The molecule has 0 aliphatic carbocycles. The number of esters is 1. The van der Waals surface area contributed by atoms with E-state index in [1.807, 2.05) is 19.9 Å². The van der Waals surface area contributed by atoms with E-state index >= 15 is 0 Å². The Labute approximate surface area is 177 Å². The molecule has 1 aromatic heterocycles. The van der Waals surface area contributed by atoms with E-state index in [1.54, 1.807) is 24.3 Å². The molecule has 0 bridgehead atoms. The molecular formula is C23H30N2O5. The number of rotatable bonds is 10. The minimum absolute atomic E-state index is 0.258. The van der Waals surface area contributed by atoms with Gasteiger partial charge in [0.25, 0.3) is 5.91 Å². The first-order valence-corrected chi connectivity index (χ1v) is 10.0. The van der Waals surface area contributed by atoms with Crippen LogP contribution in [-0.2, 0) is 16.1 Å². The largest absolute Gasteiger partial charge is 0.497 e. The number of benzene rings is 1. The molecule has 1 heterocycles. The number of ether oxygens (including phenoxy) is 2. The maximum Gasteiger partial charge on any atom is 0.325 e. The average molecular weight is 415 g/mol. The molecule has 0 unspecified atom stereocenters. The lowest BCUT2D eigenvalue weighted by molar-refractivity contribution is -0.141. The van der Waals surface area contributed by atoms with Crippen molar-refractivity contribution in [2.75, 3.05) is 20.3 Å². The summed E-state index contributed by atoms with van der Waals surface area (Å²) in [4.78, 5) is 36.6. The number of aryl methyl sites for hydroxylation is 1. The molecule has 7 nitrogen and oxygen atoms in total. The first-order chi connectivity index (χ1) is 14.2. The molecular weight excluding hydrogens is 384 g/mol. The maximum absolute atomic E-state index is 12.5. The number of aromatic nitrogens is 1. The molecule has 0 aliphatic heterocycles. The predicted octanol–water partition coefficient (Wildman–Crippen LogP) is 3.32. The minimum atomic E-state index is -0.673. The van der Waals surface area contributed by atoms with Crippen LogP contribution in [0.25, 0.3) is 0 Å². The van der Waals surface area contributed by atoms with Gasteiger partial charge in [0.1, 0.15) is 12.3 Å². The lowest BCUT2D eigenvalue weighted by Gasteiger charge is -2.11. The zero-order valence-corrected chi connectivity index (χ0v) is 18.3. The highest BCUT2D eigenvalue weighted by Crippen LogP contribution is 2.18. The summed E-state index contributed by atoms with van der Waals surface area (Å²) in [6, 6.07) is 8.41. The topological polar surface area (TPSA) is 86.6 Å². The summed E-state index contributed by atoms with van der Waals surface area (Å²) in [6.07, 6.45) is 1.02. The van der Waals surface area contributed by atoms with Gasteiger partial charge in [-0.15, -0.1) is 0 Å². The van der Waals surface area contributed by atoms with Gasteiger partial charge in [0, 0.05) is 29.1 Å². The van der Waals surface area contributed by atoms with Gasteiger partial charge >= 0.3 is 5.97 Å². The van der Waals surface area contributed by atoms with E-state index in [1.165, 1.54) is 7.11 Å². The molecule has 1 N–H and O–H groups in total. The Balaban J connectivity index is 1.86. The molecule has 0 saturated heterocycles. The number of nitrogens with zero attached hydrogens (tertiary/aromatic N) is 1. The summed E-state index contributed by atoms with van der Waals surface area (Å²) >= 11 is 0. The molecule has 0 saturated carbocycles. The van der Waals surface area contributed by atoms with Gasteiger partial charge in [0.05, 0.1) is 7.11 Å². The molecule has 0 aliphatic rings. The summed E-state index contributed by atoms with van der Waals surface area (Å²) in [5.74, 6) is -0.245. The SMILES string of the molecule is COc1cccc(C(=O)NCC(=O)OCC(=O)c2cc(C)n(CCC(C)C)c2C)c1. The third-order valence-corrected chi connectivity index (χ3v) is 4.89. The quantitative estimate of drug-likeness (QED) is 0.476. The van der Waals surface area contributed by atoms with Crippen molar-refractivity contribution in [1.82, 2.24) is 9.88 Å². The number of amides is 1. The number of carbonyl (C=O) groups is 3. The predicted molar refractivity (Wildman–Crippen MR) is 114 cm³/mol. The normalized spacial score (nSPS) is 10.7. The van der Waals surface area contributed by atoms with Gasteiger partial charge in [-0.2, -0.15) is 0 Å². The minimum Gasteiger partial charge on any atom is -0.497 e. The molecule has 1 aromatic carbocycles. The fraction of sp³-hybridized carbons (Fsp3) is 0.435. The van der Waals surface area contributed by atoms with Crippen LogP contribution in [-0.4, -0.2) is 42.5 Å². The van der Waals surface area contributed by atoms with Gasteiger partial charge in [-0.05, 0) is 50.5 Å². The Hall–Kier alpha value is -3.09. The van der Waals surface area contributed by atoms with E-state index < -0.39 is 11.9 Å². The van der Waals surface area contributed by atoms with Crippen LogP contribution >= 0.6 is 0 Å². The number of methoxy groups -OCH3 is 1. The van der Waals surface area contributed by atoms with Gasteiger partial charge in [0.2, 0.25) is 5.78 Å². The Morgan fingerprint density at radius 3 is 2.53 bits per heavy atom. The van der Waals surface area contributed by atoms with E-state index in [0.717, 1.165) is 24.4 Å². The van der Waals surface area contributed by atoms with Crippen LogP contribution in [0.3, 0.4) is 0 Å². The maximum atomic E-state index is 12.5. The standard InChI is InChI=1S/C23H30N2O5/c1-15(2)9-10-25-16(3)11-20(17(25)4)21(26)14-30-22(27)13-24-23(28)18-7-6-8-19(12-18)29-5/h6-8,11-12,15H,9-10,13-14H2,1-5H3,(H,24,28). The number of hydrogen-bond acceptors (Lipinski definition) is 5. The van der Waals surface area contributed by atoms with Crippen LogP contribution in [0, 0.1) is 19.8 Å². The molecule has 0 fully saturated rings. The van der Waals surface area contributed by atoms with Crippen LogP contribution in [0.4, 0.5) is 0 Å². The van der Waals surface area contributed by atoms with Gasteiger partial charge < -0.3 is 19.4 Å². The number of carbonyl (C=O) groups excluding carboxylic acids is 3. The number of Topliss-reactive ketones (excluding diaryl/α,β-unsaturated/α-hetero) is 1. The fourth-order valence-electron chi connectivity index (χ4n) is 3.11. The highest BCUT2D eigenvalue weighted by atomic mass is 16.5. The molecule has 2 aromatic rings. The van der Waals surface area contributed by atoms with Gasteiger partial charge in [-0.25, -0.2) is 0 Å². The van der Waals surface area contributed by atoms with Gasteiger partial charge in [-0.3, -0.25) is 14.4 Å². The lowest BCUT2D eigenvalue weighted by Crippen LogP contribution is -2.31. The molecule has 7 heteroatoms.